The van der Waals surface area contributed by atoms with Crippen LogP contribution in [0, 0.1) is 0 Å². The van der Waals surface area contributed by atoms with Crippen molar-refractivity contribution in [2.75, 3.05) is 0 Å². The lowest BCUT2D eigenvalue weighted by molar-refractivity contribution is 0.102. The summed E-state index contributed by atoms with van der Waals surface area (Å²) in [5.41, 5.74) is 3.94. The van der Waals surface area contributed by atoms with Crippen LogP contribution in [-0.2, 0) is 19.6 Å². The highest BCUT2D eigenvalue weighted by molar-refractivity contribution is 6.08. The van der Waals surface area contributed by atoms with Crippen molar-refractivity contribution in [2.45, 2.75) is 33.0 Å². The van der Waals surface area contributed by atoms with Gasteiger partial charge in [-0.2, -0.15) is 5.10 Å². The van der Waals surface area contributed by atoms with Crippen LogP contribution >= 0.6 is 0 Å². The van der Waals surface area contributed by atoms with Crippen molar-refractivity contribution >= 4 is 5.78 Å². The minimum absolute atomic E-state index is 0.0562. The van der Waals surface area contributed by atoms with Crippen molar-refractivity contribution in [2.24, 2.45) is 0 Å². The number of benzene rings is 1. The molecule has 0 saturated carbocycles. The maximum absolute atomic E-state index is 12.5. The van der Waals surface area contributed by atoms with E-state index in [0.717, 1.165) is 31.6 Å². The molecule has 3 rings (SSSR count). The van der Waals surface area contributed by atoms with E-state index in [1.807, 2.05) is 18.2 Å². The minimum Gasteiger partial charge on any atom is -0.309 e. The standard InChI is InChI=1S/C15H17N3O/c1-2-7-18-14(5-6-17-18)15(19)11-3-4-12-9-16-10-13(12)8-11/h3-6,8,16H,2,7,9-10H2,1H3. The van der Waals surface area contributed by atoms with E-state index in [-0.39, 0.29) is 5.78 Å². The smallest absolute Gasteiger partial charge is 0.211 e. The molecule has 0 amide bonds. The van der Waals surface area contributed by atoms with Crippen LogP contribution in [0.3, 0.4) is 0 Å². The van der Waals surface area contributed by atoms with E-state index >= 15 is 0 Å². The molecule has 0 atom stereocenters. The fraction of sp³-hybridized carbons (Fsp3) is 0.333. The second-order valence-corrected chi connectivity index (χ2v) is 4.86. The average Bonchev–Trinajstić information content (AvgIpc) is 3.05. The van der Waals surface area contributed by atoms with Gasteiger partial charge in [0.25, 0.3) is 0 Å². The third-order valence-corrected chi connectivity index (χ3v) is 3.48. The summed E-state index contributed by atoms with van der Waals surface area (Å²) in [6.45, 7) is 4.61. The van der Waals surface area contributed by atoms with Gasteiger partial charge in [0.15, 0.2) is 0 Å². The van der Waals surface area contributed by atoms with Crippen LogP contribution in [0.5, 0.6) is 0 Å². The van der Waals surface area contributed by atoms with Gasteiger partial charge in [-0.3, -0.25) is 9.48 Å². The van der Waals surface area contributed by atoms with Crippen LogP contribution in [0.25, 0.3) is 0 Å². The fourth-order valence-electron chi connectivity index (χ4n) is 2.50. The molecule has 4 heteroatoms. The van der Waals surface area contributed by atoms with Gasteiger partial charge in [0.05, 0.1) is 0 Å². The van der Waals surface area contributed by atoms with Crippen molar-refractivity contribution in [3.05, 3.63) is 52.8 Å². The maximum Gasteiger partial charge on any atom is 0.211 e. The molecule has 0 fully saturated rings. The summed E-state index contributed by atoms with van der Waals surface area (Å²) in [5.74, 6) is 0.0562. The molecule has 0 radical (unpaired) electrons. The number of nitrogens with zero attached hydrogens (tertiary/aromatic N) is 2. The molecule has 19 heavy (non-hydrogen) atoms. The Morgan fingerprint density at radius 3 is 3.00 bits per heavy atom. The normalized spacial score (nSPS) is 13.5. The number of carbonyl (C=O) groups is 1. The fourth-order valence-corrected chi connectivity index (χ4v) is 2.50. The van der Waals surface area contributed by atoms with E-state index in [4.69, 9.17) is 0 Å². The van der Waals surface area contributed by atoms with E-state index in [0.29, 0.717) is 5.69 Å². The third-order valence-electron chi connectivity index (χ3n) is 3.48. The lowest BCUT2D eigenvalue weighted by Gasteiger charge is -2.06. The molecular weight excluding hydrogens is 238 g/mol. The van der Waals surface area contributed by atoms with E-state index in [1.165, 1.54) is 11.1 Å². The van der Waals surface area contributed by atoms with Crippen molar-refractivity contribution in [1.29, 1.82) is 0 Å². The van der Waals surface area contributed by atoms with Gasteiger partial charge in [0.2, 0.25) is 5.78 Å². The molecule has 4 nitrogen and oxygen atoms in total. The number of fused-ring (bicyclic) bond motifs is 1. The molecule has 2 aromatic rings. The molecule has 1 aromatic carbocycles. The van der Waals surface area contributed by atoms with Crippen molar-refractivity contribution in [1.82, 2.24) is 15.1 Å². The van der Waals surface area contributed by atoms with Crippen LogP contribution in [0.15, 0.2) is 30.5 Å². The third kappa shape index (κ3) is 2.19. The molecule has 1 N–H and O–H groups in total. The number of aryl methyl sites for hydroxylation is 1. The second-order valence-electron chi connectivity index (χ2n) is 4.86. The maximum atomic E-state index is 12.5. The number of rotatable bonds is 4. The van der Waals surface area contributed by atoms with Crippen molar-refractivity contribution < 1.29 is 4.79 Å². The summed E-state index contributed by atoms with van der Waals surface area (Å²) in [7, 11) is 0. The Kier molecular flexibility index (Phi) is 3.17. The zero-order valence-electron chi connectivity index (χ0n) is 11.0. The van der Waals surface area contributed by atoms with Gasteiger partial charge in [-0.1, -0.05) is 19.1 Å². The molecule has 98 valence electrons. The Hall–Kier alpha value is -1.94. The first-order valence-electron chi connectivity index (χ1n) is 6.68. The molecule has 0 bridgehead atoms. The van der Waals surface area contributed by atoms with Crippen molar-refractivity contribution in [3.8, 4) is 0 Å². The minimum atomic E-state index is 0.0562. The molecule has 0 spiro atoms. The van der Waals surface area contributed by atoms with Crippen LogP contribution < -0.4 is 5.32 Å². The first-order chi connectivity index (χ1) is 9.29. The van der Waals surface area contributed by atoms with Crippen LogP contribution in [0.4, 0.5) is 0 Å². The SMILES string of the molecule is CCCn1nccc1C(=O)c1ccc2c(c1)CNC2. The molecule has 0 saturated heterocycles. The number of ketones is 1. The number of carbonyl (C=O) groups excluding carboxylic acids is 1. The summed E-state index contributed by atoms with van der Waals surface area (Å²) < 4.78 is 1.79. The summed E-state index contributed by atoms with van der Waals surface area (Å²) in [6, 6.07) is 7.75. The number of hydrogen-bond acceptors (Lipinski definition) is 3. The Morgan fingerprint density at radius 1 is 1.32 bits per heavy atom. The largest absolute Gasteiger partial charge is 0.309 e. The Bertz CT molecular complexity index is 616. The van der Waals surface area contributed by atoms with Crippen LogP contribution in [0.1, 0.15) is 40.5 Å². The second kappa shape index (κ2) is 4.97. The monoisotopic (exact) mass is 255 g/mol. The Balaban J connectivity index is 1.93. The van der Waals surface area contributed by atoms with Gasteiger partial charge in [0.1, 0.15) is 5.69 Å². The number of nitrogens with one attached hydrogen (secondary N) is 1. The highest BCUT2D eigenvalue weighted by Gasteiger charge is 2.17. The van der Waals surface area contributed by atoms with Crippen molar-refractivity contribution in [3.63, 3.8) is 0 Å². The first kappa shape index (κ1) is 12.1. The predicted molar refractivity (Wildman–Crippen MR) is 72.9 cm³/mol. The highest BCUT2D eigenvalue weighted by atomic mass is 16.1. The first-order valence-corrected chi connectivity index (χ1v) is 6.68. The van der Waals surface area contributed by atoms with Gasteiger partial charge in [0, 0.05) is 31.4 Å². The molecule has 0 unspecified atom stereocenters. The van der Waals surface area contributed by atoms with E-state index in [9.17, 15) is 4.79 Å². The zero-order chi connectivity index (χ0) is 13.2. The summed E-state index contributed by atoms with van der Waals surface area (Å²) in [4.78, 5) is 12.5. The Labute approximate surface area is 112 Å². The molecule has 1 aromatic heterocycles. The molecular formula is C15H17N3O. The van der Waals surface area contributed by atoms with Gasteiger partial charge < -0.3 is 5.32 Å². The van der Waals surface area contributed by atoms with Gasteiger partial charge >= 0.3 is 0 Å². The number of aromatic nitrogens is 2. The molecule has 1 aliphatic rings. The van der Waals surface area contributed by atoms with E-state index in [1.54, 1.807) is 16.9 Å². The quantitative estimate of drug-likeness (QED) is 0.851. The molecule has 0 aliphatic carbocycles. The molecule has 1 aliphatic heterocycles. The lowest BCUT2D eigenvalue weighted by atomic mass is 10.0. The van der Waals surface area contributed by atoms with Gasteiger partial charge in [-0.05, 0) is 29.7 Å². The predicted octanol–water partition coefficient (Wildman–Crippen LogP) is 2.13. The van der Waals surface area contributed by atoms with Gasteiger partial charge in [-0.25, -0.2) is 0 Å². The van der Waals surface area contributed by atoms with Gasteiger partial charge in [-0.15, -0.1) is 0 Å². The zero-order valence-corrected chi connectivity index (χ0v) is 11.0. The van der Waals surface area contributed by atoms with E-state index in [2.05, 4.69) is 17.3 Å². The van der Waals surface area contributed by atoms with Crippen LogP contribution in [0.2, 0.25) is 0 Å². The topological polar surface area (TPSA) is 46.9 Å². The van der Waals surface area contributed by atoms with E-state index < -0.39 is 0 Å². The summed E-state index contributed by atoms with van der Waals surface area (Å²) in [5, 5.41) is 7.50. The lowest BCUT2D eigenvalue weighted by Crippen LogP contribution is -2.11. The van der Waals surface area contributed by atoms with Crippen LogP contribution in [-0.4, -0.2) is 15.6 Å². The summed E-state index contributed by atoms with van der Waals surface area (Å²) >= 11 is 0. The summed E-state index contributed by atoms with van der Waals surface area (Å²) in [6.07, 6.45) is 2.66. The average molecular weight is 255 g/mol. The highest BCUT2D eigenvalue weighted by Crippen LogP contribution is 2.19. The molecule has 2 heterocycles. The Morgan fingerprint density at radius 2 is 2.16 bits per heavy atom. The number of hydrogen-bond donors (Lipinski definition) is 1.